The van der Waals surface area contributed by atoms with Gasteiger partial charge in [-0.15, -0.1) is 0 Å². The van der Waals surface area contributed by atoms with Gasteiger partial charge in [0.25, 0.3) is 0 Å². The summed E-state index contributed by atoms with van der Waals surface area (Å²) in [7, 11) is 2.26. The smallest absolute Gasteiger partial charge is 0.191 e. The molecule has 3 aliphatic heterocycles. The minimum atomic E-state index is -0.312. The third-order valence-corrected chi connectivity index (χ3v) is 6.36. The Hall–Kier alpha value is -2.01. The van der Waals surface area contributed by atoms with Crippen LogP contribution in [0.4, 0.5) is 0 Å². The molecule has 140 valence electrons. The number of fused-ring (bicyclic) bond motifs is 4. The van der Waals surface area contributed by atoms with Crippen LogP contribution in [0, 0.1) is 6.92 Å². The number of halogens is 1. The van der Waals surface area contributed by atoms with E-state index in [4.69, 9.17) is 16.3 Å². The van der Waals surface area contributed by atoms with Gasteiger partial charge >= 0.3 is 0 Å². The van der Waals surface area contributed by atoms with E-state index in [0.717, 1.165) is 48.0 Å². The van der Waals surface area contributed by atoms with Gasteiger partial charge in [0, 0.05) is 10.6 Å². The maximum Gasteiger partial charge on any atom is 0.191 e. The molecule has 4 nitrogen and oxygen atoms in total. The highest BCUT2D eigenvalue weighted by Gasteiger charge is 2.52. The Labute approximate surface area is 165 Å². The summed E-state index contributed by atoms with van der Waals surface area (Å²) in [5.74, 6) is 0.961. The number of quaternary nitrogens is 1. The monoisotopic (exact) mass is 382 g/mol. The Morgan fingerprint density at radius 3 is 2.63 bits per heavy atom. The molecule has 0 amide bonds. The number of rotatable bonds is 1. The average Bonchev–Trinajstić information content (AvgIpc) is 3.12. The SMILES string of the molecule is Cc1ccc(C2=CC3c4cc(Cl)ccc4OC4(CC[NH+](C)CC4)N3N2)cc1. The van der Waals surface area contributed by atoms with Crippen LogP contribution in [0.2, 0.25) is 5.02 Å². The summed E-state index contributed by atoms with van der Waals surface area (Å²) in [4.78, 5) is 1.56. The fourth-order valence-electron chi connectivity index (χ4n) is 4.45. The zero-order chi connectivity index (χ0) is 18.6. The highest BCUT2D eigenvalue weighted by Crippen LogP contribution is 2.48. The number of nitrogens with one attached hydrogen (secondary N) is 2. The fourth-order valence-corrected chi connectivity index (χ4v) is 4.64. The average molecular weight is 383 g/mol. The molecule has 1 fully saturated rings. The molecule has 0 bridgehead atoms. The third-order valence-electron chi connectivity index (χ3n) is 6.12. The molecule has 2 N–H and O–H groups in total. The van der Waals surface area contributed by atoms with E-state index < -0.39 is 0 Å². The summed E-state index contributed by atoms with van der Waals surface area (Å²) in [6.45, 7) is 4.33. The van der Waals surface area contributed by atoms with Gasteiger partial charge in [-0.05, 0) is 36.8 Å². The highest BCUT2D eigenvalue weighted by atomic mass is 35.5. The molecule has 3 heterocycles. The summed E-state index contributed by atoms with van der Waals surface area (Å²) in [6, 6.07) is 14.8. The Balaban J connectivity index is 1.58. The van der Waals surface area contributed by atoms with Crippen molar-refractivity contribution >= 4 is 17.3 Å². The normalized spacial score (nSPS) is 29.5. The van der Waals surface area contributed by atoms with E-state index in [9.17, 15) is 0 Å². The lowest BCUT2D eigenvalue weighted by Gasteiger charge is -2.50. The first kappa shape index (κ1) is 17.1. The lowest BCUT2D eigenvalue weighted by Crippen LogP contribution is -3.11. The fraction of sp³-hybridized carbons (Fsp3) is 0.364. The lowest BCUT2D eigenvalue weighted by molar-refractivity contribution is -0.888. The van der Waals surface area contributed by atoms with Gasteiger partial charge in [-0.2, -0.15) is 5.01 Å². The van der Waals surface area contributed by atoms with E-state index in [2.05, 4.69) is 54.7 Å². The number of aryl methyl sites for hydroxylation is 1. The molecule has 0 saturated carbocycles. The molecule has 2 aromatic carbocycles. The van der Waals surface area contributed by atoms with Gasteiger partial charge in [0.15, 0.2) is 5.72 Å². The van der Waals surface area contributed by atoms with Crippen molar-refractivity contribution < 1.29 is 9.64 Å². The van der Waals surface area contributed by atoms with Crippen molar-refractivity contribution in [1.82, 2.24) is 10.4 Å². The Morgan fingerprint density at radius 2 is 1.89 bits per heavy atom. The first-order valence-corrected chi connectivity index (χ1v) is 10.1. The van der Waals surface area contributed by atoms with Gasteiger partial charge in [-0.1, -0.05) is 41.4 Å². The Morgan fingerprint density at radius 1 is 1.15 bits per heavy atom. The van der Waals surface area contributed by atoms with Crippen molar-refractivity contribution in [3.63, 3.8) is 0 Å². The van der Waals surface area contributed by atoms with E-state index in [-0.39, 0.29) is 11.8 Å². The summed E-state index contributed by atoms with van der Waals surface area (Å²) >= 11 is 6.32. The molecule has 2 aromatic rings. The van der Waals surface area contributed by atoms with Crippen LogP contribution in [0.15, 0.2) is 48.5 Å². The standard InChI is InChI=1S/C22H24ClN3O/c1-15-3-5-16(6-4-15)19-14-20-18-13-17(23)7-8-21(18)27-22(26(20)24-19)9-11-25(2)12-10-22/h3-8,13-14,20,24H,9-12H2,1-2H3/p+1. The van der Waals surface area contributed by atoms with Crippen molar-refractivity contribution in [2.75, 3.05) is 20.1 Å². The van der Waals surface area contributed by atoms with Crippen molar-refractivity contribution in [3.05, 3.63) is 70.3 Å². The Kier molecular flexibility index (Phi) is 3.97. The second-order valence-electron chi connectivity index (χ2n) is 8.06. The van der Waals surface area contributed by atoms with Gasteiger partial charge in [-0.25, -0.2) is 0 Å². The summed E-state index contributed by atoms with van der Waals surface area (Å²) in [5, 5.41) is 3.08. The first-order chi connectivity index (χ1) is 13.0. The van der Waals surface area contributed by atoms with Crippen LogP contribution >= 0.6 is 11.6 Å². The van der Waals surface area contributed by atoms with Crippen LogP contribution in [0.1, 0.15) is 35.6 Å². The van der Waals surface area contributed by atoms with E-state index in [1.807, 2.05) is 18.2 Å². The van der Waals surface area contributed by atoms with E-state index >= 15 is 0 Å². The van der Waals surface area contributed by atoms with Gasteiger partial charge in [0.05, 0.1) is 44.7 Å². The second kappa shape index (κ2) is 6.26. The number of ether oxygens (including phenoxy) is 1. The van der Waals surface area contributed by atoms with Gasteiger partial charge < -0.3 is 15.1 Å². The van der Waals surface area contributed by atoms with Crippen molar-refractivity contribution in [1.29, 1.82) is 0 Å². The van der Waals surface area contributed by atoms with Crippen LogP contribution in [0.3, 0.4) is 0 Å². The minimum Gasteiger partial charge on any atom is -0.470 e. The van der Waals surface area contributed by atoms with Crippen LogP contribution in [0.5, 0.6) is 5.75 Å². The molecule has 0 aromatic heterocycles. The minimum absolute atomic E-state index is 0.127. The van der Waals surface area contributed by atoms with E-state index in [0.29, 0.717) is 0 Å². The number of hydrogen-bond donors (Lipinski definition) is 2. The molecule has 1 unspecified atom stereocenters. The molecule has 0 radical (unpaired) electrons. The summed E-state index contributed by atoms with van der Waals surface area (Å²) < 4.78 is 6.64. The molecule has 1 saturated heterocycles. The molecule has 0 aliphatic carbocycles. The molecule has 5 rings (SSSR count). The predicted molar refractivity (Wildman–Crippen MR) is 108 cm³/mol. The van der Waals surface area contributed by atoms with E-state index in [1.165, 1.54) is 11.1 Å². The molecular weight excluding hydrogens is 358 g/mol. The van der Waals surface area contributed by atoms with Crippen LogP contribution in [-0.2, 0) is 0 Å². The topological polar surface area (TPSA) is 28.9 Å². The number of piperidine rings is 1. The molecular formula is C22H25ClN3O+. The third kappa shape index (κ3) is 2.83. The number of likely N-dealkylation sites (tertiary alicyclic amines) is 1. The molecule has 1 spiro atoms. The van der Waals surface area contributed by atoms with Gasteiger partial charge in [0.1, 0.15) is 5.75 Å². The second-order valence-corrected chi connectivity index (χ2v) is 8.50. The van der Waals surface area contributed by atoms with Crippen molar-refractivity contribution in [2.24, 2.45) is 0 Å². The predicted octanol–water partition coefficient (Wildman–Crippen LogP) is 2.95. The van der Waals surface area contributed by atoms with E-state index in [1.54, 1.807) is 4.90 Å². The number of nitrogens with zero attached hydrogens (tertiary/aromatic N) is 1. The quantitative estimate of drug-likeness (QED) is 0.794. The lowest BCUT2D eigenvalue weighted by atomic mass is 9.93. The van der Waals surface area contributed by atoms with Crippen molar-refractivity contribution in [3.8, 4) is 5.75 Å². The van der Waals surface area contributed by atoms with Crippen LogP contribution in [0.25, 0.3) is 5.70 Å². The maximum atomic E-state index is 6.64. The molecule has 5 heteroatoms. The van der Waals surface area contributed by atoms with Crippen molar-refractivity contribution in [2.45, 2.75) is 31.5 Å². The summed E-state index contributed by atoms with van der Waals surface area (Å²) in [5.41, 5.74) is 8.11. The van der Waals surface area contributed by atoms with Crippen LogP contribution < -0.4 is 15.1 Å². The zero-order valence-corrected chi connectivity index (χ0v) is 16.5. The molecule has 3 aliphatic rings. The number of benzene rings is 2. The first-order valence-electron chi connectivity index (χ1n) is 9.69. The maximum absolute atomic E-state index is 6.64. The van der Waals surface area contributed by atoms with Gasteiger partial charge in [-0.3, -0.25) is 0 Å². The number of hydrazine groups is 1. The molecule has 27 heavy (non-hydrogen) atoms. The highest BCUT2D eigenvalue weighted by molar-refractivity contribution is 6.30. The largest absolute Gasteiger partial charge is 0.470 e. The van der Waals surface area contributed by atoms with Crippen LogP contribution in [-0.4, -0.2) is 30.9 Å². The molecule has 1 atom stereocenters. The zero-order valence-electron chi connectivity index (χ0n) is 15.8. The number of hydrogen-bond acceptors (Lipinski definition) is 3. The summed E-state index contributed by atoms with van der Waals surface area (Å²) in [6.07, 6.45) is 4.31. The Bertz CT molecular complexity index is 900. The van der Waals surface area contributed by atoms with Gasteiger partial charge in [0.2, 0.25) is 0 Å².